The van der Waals surface area contributed by atoms with Crippen LogP contribution in [0, 0.1) is 0 Å². The molecule has 0 aliphatic heterocycles. The summed E-state index contributed by atoms with van der Waals surface area (Å²) in [5.41, 5.74) is 0.221. The minimum Gasteiger partial charge on any atom is -0.318 e. The van der Waals surface area contributed by atoms with E-state index in [1.165, 1.54) is 31.2 Å². The molecule has 1 atom stereocenters. The van der Waals surface area contributed by atoms with Gasteiger partial charge in [-0.25, -0.2) is 0 Å². The van der Waals surface area contributed by atoms with Crippen molar-refractivity contribution in [3.05, 3.63) is 29.8 Å². The molecule has 98 valence electrons. The zero-order chi connectivity index (χ0) is 13.9. The van der Waals surface area contributed by atoms with Crippen LogP contribution in [0.5, 0.6) is 0 Å². The maximum Gasteiger partial charge on any atom is 0.471 e. The van der Waals surface area contributed by atoms with Crippen LogP contribution in [0.3, 0.4) is 0 Å². The predicted octanol–water partition coefficient (Wildman–Crippen LogP) is 3.00. The second-order valence-corrected chi connectivity index (χ2v) is 4.16. The van der Waals surface area contributed by atoms with Crippen LogP contribution >= 0.6 is 11.6 Å². The molecule has 7 heteroatoms. The summed E-state index contributed by atoms with van der Waals surface area (Å²) >= 11 is 5.58. The molecule has 0 radical (unpaired) electrons. The average molecular weight is 280 g/mol. The fourth-order valence-electron chi connectivity index (χ4n) is 1.15. The summed E-state index contributed by atoms with van der Waals surface area (Å²) < 4.78 is 35.9. The molecular weight excluding hydrogens is 271 g/mol. The van der Waals surface area contributed by atoms with Gasteiger partial charge in [0.25, 0.3) is 0 Å². The number of alkyl halides is 4. The summed E-state index contributed by atoms with van der Waals surface area (Å²) in [6.45, 7) is 1.49. The number of rotatable bonds is 3. The summed E-state index contributed by atoms with van der Waals surface area (Å²) in [6.07, 6.45) is -4.95. The van der Waals surface area contributed by atoms with Gasteiger partial charge in [-0.15, -0.1) is 11.6 Å². The molecule has 0 aromatic heterocycles. The van der Waals surface area contributed by atoms with Gasteiger partial charge in [0.2, 0.25) is 0 Å². The fraction of sp³-hybridized carbons (Fsp3) is 0.273. The average Bonchev–Trinajstić information content (AvgIpc) is 2.27. The number of anilines is 1. The molecule has 0 fully saturated rings. The van der Waals surface area contributed by atoms with Gasteiger partial charge in [-0.05, 0) is 31.2 Å². The van der Waals surface area contributed by atoms with Gasteiger partial charge in [-0.3, -0.25) is 9.59 Å². The maximum absolute atomic E-state index is 12.0. The molecule has 1 amide bonds. The number of halogens is 4. The lowest BCUT2D eigenvalue weighted by Gasteiger charge is -2.08. The largest absolute Gasteiger partial charge is 0.471 e. The summed E-state index contributed by atoms with van der Waals surface area (Å²) in [4.78, 5) is 22.1. The lowest BCUT2D eigenvalue weighted by atomic mass is 10.1. The van der Waals surface area contributed by atoms with E-state index in [0.29, 0.717) is 0 Å². The zero-order valence-electron chi connectivity index (χ0n) is 9.22. The maximum atomic E-state index is 12.0. The fourth-order valence-corrected chi connectivity index (χ4v) is 1.28. The number of carbonyl (C=O) groups excluding carboxylic acids is 2. The molecule has 0 bridgehead atoms. The molecule has 1 aromatic carbocycles. The smallest absolute Gasteiger partial charge is 0.318 e. The minimum absolute atomic E-state index is 0.0453. The van der Waals surface area contributed by atoms with Crippen LogP contribution < -0.4 is 5.32 Å². The van der Waals surface area contributed by atoms with Crippen molar-refractivity contribution < 1.29 is 22.8 Å². The lowest BCUT2D eigenvalue weighted by Crippen LogP contribution is -2.29. The monoisotopic (exact) mass is 279 g/mol. The third-order valence-corrected chi connectivity index (χ3v) is 2.24. The van der Waals surface area contributed by atoms with Crippen molar-refractivity contribution in [2.45, 2.75) is 18.5 Å². The zero-order valence-corrected chi connectivity index (χ0v) is 9.97. The van der Waals surface area contributed by atoms with E-state index >= 15 is 0 Å². The van der Waals surface area contributed by atoms with Crippen LogP contribution in [0.25, 0.3) is 0 Å². The Labute approximate surface area is 106 Å². The molecule has 3 nitrogen and oxygen atoms in total. The summed E-state index contributed by atoms with van der Waals surface area (Å²) in [7, 11) is 0. The van der Waals surface area contributed by atoms with E-state index in [-0.39, 0.29) is 17.0 Å². The van der Waals surface area contributed by atoms with E-state index in [9.17, 15) is 22.8 Å². The molecule has 18 heavy (non-hydrogen) atoms. The van der Waals surface area contributed by atoms with E-state index in [1.54, 1.807) is 5.32 Å². The highest BCUT2D eigenvalue weighted by molar-refractivity contribution is 6.33. The van der Waals surface area contributed by atoms with Crippen molar-refractivity contribution in [3.63, 3.8) is 0 Å². The molecule has 0 heterocycles. The molecule has 0 spiro atoms. The Kier molecular flexibility index (Phi) is 4.34. The quantitative estimate of drug-likeness (QED) is 0.683. The first-order chi connectivity index (χ1) is 8.21. The van der Waals surface area contributed by atoms with Crippen LogP contribution in [-0.4, -0.2) is 23.2 Å². The Hall–Kier alpha value is -1.56. The van der Waals surface area contributed by atoms with Crippen LogP contribution in [0.4, 0.5) is 18.9 Å². The summed E-state index contributed by atoms with van der Waals surface area (Å²) in [5.74, 6) is -2.40. The molecule has 0 aliphatic rings. The number of hydrogen-bond donors (Lipinski definition) is 1. The number of benzene rings is 1. The van der Waals surface area contributed by atoms with E-state index in [1.807, 2.05) is 0 Å². The van der Waals surface area contributed by atoms with Gasteiger partial charge in [0.1, 0.15) is 0 Å². The Morgan fingerprint density at radius 2 is 1.72 bits per heavy atom. The molecule has 1 N–H and O–H groups in total. The third-order valence-electron chi connectivity index (χ3n) is 2.05. The van der Waals surface area contributed by atoms with Gasteiger partial charge in [0.05, 0.1) is 5.38 Å². The van der Waals surface area contributed by atoms with Gasteiger partial charge in [0.15, 0.2) is 5.78 Å². The second kappa shape index (κ2) is 5.39. The standard InChI is InChI=1S/C11H9ClF3NO2/c1-6(12)9(17)7-2-4-8(5-3-7)16-10(18)11(13,14)15/h2-6H,1H3,(H,16,18). The SMILES string of the molecule is CC(Cl)C(=O)c1ccc(NC(=O)C(F)(F)F)cc1. The number of ketones is 1. The number of nitrogens with one attached hydrogen (secondary N) is 1. The topological polar surface area (TPSA) is 46.2 Å². The van der Waals surface area contributed by atoms with Crippen LogP contribution in [0.15, 0.2) is 24.3 Å². The number of Topliss-reactive ketones (excluding diaryl/α,β-unsaturated/α-hetero) is 1. The van der Waals surface area contributed by atoms with E-state index < -0.39 is 17.5 Å². The van der Waals surface area contributed by atoms with E-state index in [4.69, 9.17) is 11.6 Å². The van der Waals surface area contributed by atoms with Crippen LogP contribution in [0.1, 0.15) is 17.3 Å². The van der Waals surface area contributed by atoms with Gasteiger partial charge in [-0.2, -0.15) is 13.2 Å². The number of carbonyl (C=O) groups is 2. The number of hydrogen-bond acceptors (Lipinski definition) is 2. The molecule has 1 aromatic rings. The highest BCUT2D eigenvalue weighted by Gasteiger charge is 2.38. The first kappa shape index (κ1) is 14.5. The van der Waals surface area contributed by atoms with Gasteiger partial charge >= 0.3 is 12.1 Å². The molecule has 0 aliphatic carbocycles. The van der Waals surface area contributed by atoms with Crippen LogP contribution in [-0.2, 0) is 4.79 Å². The van der Waals surface area contributed by atoms with E-state index in [0.717, 1.165) is 0 Å². The van der Waals surface area contributed by atoms with Gasteiger partial charge in [0, 0.05) is 11.3 Å². The Bertz CT molecular complexity index is 454. The van der Waals surface area contributed by atoms with Gasteiger partial charge in [-0.1, -0.05) is 0 Å². The second-order valence-electron chi connectivity index (χ2n) is 3.51. The first-order valence-electron chi connectivity index (χ1n) is 4.88. The molecule has 0 saturated heterocycles. The normalized spacial score (nSPS) is 12.9. The van der Waals surface area contributed by atoms with Crippen LogP contribution in [0.2, 0.25) is 0 Å². The van der Waals surface area contributed by atoms with Crippen molar-refractivity contribution in [3.8, 4) is 0 Å². The molecule has 0 saturated carbocycles. The Morgan fingerprint density at radius 1 is 1.22 bits per heavy atom. The molecule has 1 rings (SSSR count). The van der Waals surface area contributed by atoms with Crippen molar-refractivity contribution in [1.29, 1.82) is 0 Å². The molecular formula is C11H9ClF3NO2. The summed E-state index contributed by atoms with van der Waals surface area (Å²) in [6, 6.07) is 5.01. The minimum atomic E-state index is -4.95. The van der Waals surface area contributed by atoms with Crippen molar-refractivity contribution >= 4 is 29.0 Å². The third kappa shape index (κ3) is 3.73. The van der Waals surface area contributed by atoms with E-state index in [2.05, 4.69) is 0 Å². The van der Waals surface area contributed by atoms with Crippen molar-refractivity contribution in [2.75, 3.05) is 5.32 Å². The Balaban J connectivity index is 2.78. The van der Waals surface area contributed by atoms with Crippen molar-refractivity contribution in [1.82, 2.24) is 0 Å². The highest BCUT2D eigenvalue weighted by atomic mass is 35.5. The molecule has 1 unspecified atom stereocenters. The van der Waals surface area contributed by atoms with Crippen molar-refractivity contribution in [2.24, 2.45) is 0 Å². The Morgan fingerprint density at radius 3 is 2.11 bits per heavy atom. The summed E-state index contributed by atoms with van der Waals surface area (Å²) in [5, 5.41) is 0.947. The lowest BCUT2D eigenvalue weighted by molar-refractivity contribution is -0.167. The first-order valence-corrected chi connectivity index (χ1v) is 5.32. The predicted molar refractivity (Wildman–Crippen MR) is 60.8 cm³/mol. The van der Waals surface area contributed by atoms with Gasteiger partial charge < -0.3 is 5.32 Å². The number of amides is 1. The highest BCUT2D eigenvalue weighted by Crippen LogP contribution is 2.19.